The van der Waals surface area contributed by atoms with Crippen molar-refractivity contribution in [2.24, 2.45) is 0 Å². The molecule has 0 fully saturated rings. The SMILES string of the molecule is CCn1nc(-c2ccc(C)cc2)cc1C(=O)O. The van der Waals surface area contributed by atoms with Gasteiger partial charge in [0.1, 0.15) is 5.69 Å². The molecular weight excluding hydrogens is 216 g/mol. The third-order valence-electron chi connectivity index (χ3n) is 2.65. The van der Waals surface area contributed by atoms with Crippen LogP contribution in [0.1, 0.15) is 23.0 Å². The van der Waals surface area contributed by atoms with Crippen LogP contribution in [0.15, 0.2) is 30.3 Å². The van der Waals surface area contributed by atoms with E-state index in [2.05, 4.69) is 5.10 Å². The minimum atomic E-state index is -0.947. The van der Waals surface area contributed by atoms with Gasteiger partial charge in [-0.1, -0.05) is 29.8 Å². The molecule has 0 aliphatic carbocycles. The zero-order chi connectivity index (χ0) is 12.4. The van der Waals surface area contributed by atoms with Crippen LogP contribution in [0.2, 0.25) is 0 Å². The smallest absolute Gasteiger partial charge is 0.354 e. The number of rotatable bonds is 3. The molecule has 2 rings (SSSR count). The summed E-state index contributed by atoms with van der Waals surface area (Å²) in [6.07, 6.45) is 0. The van der Waals surface area contributed by atoms with Crippen molar-refractivity contribution in [3.8, 4) is 11.3 Å². The fourth-order valence-corrected chi connectivity index (χ4v) is 1.70. The van der Waals surface area contributed by atoms with Crippen molar-refractivity contribution in [2.75, 3.05) is 0 Å². The molecule has 1 N–H and O–H groups in total. The lowest BCUT2D eigenvalue weighted by atomic mass is 10.1. The summed E-state index contributed by atoms with van der Waals surface area (Å²) in [5, 5.41) is 13.3. The van der Waals surface area contributed by atoms with Gasteiger partial charge in [0.15, 0.2) is 0 Å². The molecular formula is C13H14N2O2. The zero-order valence-corrected chi connectivity index (χ0v) is 9.84. The molecule has 0 aliphatic heterocycles. The average Bonchev–Trinajstić information content (AvgIpc) is 2.74. The molecule has 0 unspecified atom stereocenters. The van der Waals surface area contributed by atoms with Gasteiger partial charge in [-0.25, -0.2) is 4.79 Å². The van der Waals surface area contributed by atoms with Crippen LogP contribution in [0.4, 0.5) is 0 Å². The van der Waals surface area contributed by atoms with Crippen molar-refractivity contribution >= 4 is 5.97 Å². The van der Waals surface area contributed by atoms with Crippen molar-refractivity contribution in [3.63, 3.8) is 0 Å². The number of nitrogens with zero attached hydrogens (tertiary/aromatic N) is 2. The monoisotopic (exact) mass is 230 g/mol. The number of aryl methyl sites for hydroxylation is 2. The topological polar surface area (TPSA) is 55.1 Å². The molecule has 88 valence electrons. The van der Waals surface area contributed by atoms with Gasteiger partial charge in [-0.15, -0.1) is 0 Å². The van der Waals surface area contributed by atoms with Crippen LogP contribution in [0, 0.1) is 6.92 Å². The number of aromatic nitrogens is 2. The van der Waals surface area contributed by atoms with Crippen molar-refractivity contribution < 1.29 is 9.90 Å². The van der Waals surface area contributed by atoms with Gasteiger partial charge < -0.3 is 5.11 Å². The minimum absolute atomic E-state index is 0.225. The molecule has 4 heteroatoms. The first-order valence-corrected chi connectivity index (χ1v) is 5.50. The Balaban J connectivity index is 2.46. The first-order chi connectivity index (χ1) is 8.11. The second-order valence-electron chi connectivity index (χ2n) is 3.90. The third kappa shape index (κ3) is 2.20. The van der Waals surface area contributed by atoms with E-state index in [-0.39, 0.29) is 5.69 Å². The first-order valence-electron chi connectivity index (χ1n) is 5.50. The number of carboxylic acids is 1. The summed E-state index contributed by atoms with van der Waals surface area (Å²) in [7, 11) is 0. The lowest BCUT2D eigenvalue weighted by Crippen LogP contribution is -2.07. The number of carboxylic acid groups (broad SMARTS) is 1. The number of hydrogen-bond donors (Lipinski definition) is 1. The maximum absolute atomic E-state index is 11.0. The van der Waals surface area contributed by atoms with E-state index in [9.17, 15) is 4.79 Å². The van der Waals surface area contributed by atoms with E-state index in [1.165, 1.54) is 10.2 Å². The molecule has 1 aromatic carbocycles. The second-order valence-corrected chi connectivity index (χ2v) is 3.90. The first kappa shape index (κ1) is 11.4. The van der Waals surface area contributed by atoms with E-state index in [0.717, 1.165) is 5.56 Å². The van der Waals surface area contributed by atoms with Crippen LogP contribution >= 0.6 is 0 Å². The van der Waals surface area contributed by atoms with E-state index in [1.54, 1.807) is 6.07 Å². The lowest BCUT2D eigenvalue weighted by Gasteiger charge is -1.98. The Hall–Kier alpha value is -2.10. The van der Waals surface area contributed by atoms with Gasteiger partial charge >= 0.3 is 5.97 Å². The molecule has 17 heavy (non-hydrogen) atoms. The molecule has 0 aliphatic rings. The summed E-state index contributed by atoms with van der Waals surface area (Å²) in [5.41, 5.74) is 3.03. The van der Waals surface area contributed by atoms with Crippen LogP contribution in [0.3, 0.4) is 0 Å². The van der Waals surface area contributed by atoms with Crippen LogP contribution in [-0.4, -0.2) is 20.9 Å². The van der Waals surface area contributed by atoms with Gasteiger partial charge in [-0.05, 0) is 19.9 Å². The van der Waals surface area contributed by atoms with Gasteiger partial charge in [-0.3, -0.25) is 4.68 Å². The Morgan fingerprint density at radius 2 is 2.00 bits per heavy atom. The standard InChI is InChI=1S/C13H14N2O2/c1-3-15-12(13(16)17)8-11(14-15)10-6-4-9(2)5-7-10/h4-8H,3H2,1-2H3,(H,16,17). The predicted octanol–water partition coefficient (Wildman–Crippen LogP) is 2.58. The second kappa shape index (κ2) is 4.41. The van der Waals surface area contributed by atoms with Gasteiger partial charge in [0.2, 0.25) is 0 Å². The molecule has 0 amide bonds. The highest BCUT2D eigenvalue weighted by molar-refractivity contribution is 5.87. The zero-order valence-electron chi connectivity index (χ0n) is 9.84. The van der Waals surface area contributed by atoms with Crippen molar-refractivity contribution in [1.82, 2.24) is 9.78 Å². The van der Waals surface area contributed by atoms with E-state index < -0.39 is 5.97 Å². The Labute approximate surface area is 99.5 Å². The number of carbonyl (C=O) groups is 1. The highest BCUT2D eigenvalue weighted by Crippen LogP contribution is 2.19. The Kier molecular flexibility index (Phi) is 2.95. The molecule has 0 spiro atoms. The fraction of sp³-hybridized carbons (Fsp3) is 0.231. The van der Waals surface area contributed by atoms with Crippen LogP contribution in [0.25, 0.3) is 11.3 Å². The van der Waals surface area contributed by atoms with Gasteiger partial charge in [0.25, 0.3) is 0 Å². The molecule has 2 aromatic rings. The Morgan fingerprint density at radius 1 is 1.35 bits per heavy atom. The van der Waals surface area contributed by atoms with Crippen LogP contribution in [-0.2, 0) is 6.54 Å². The van der Waals surface area contributed by atoms with Crippen molar-refractivity contribution in [2.45, 2.75) is 20.4 Å². The number of hydrogen-bond acceptors (Lipinski definition) is 2. The van der Waals surface area contributed by atoms with Gasteiger partial charge in [-0.2, -0.15) is 5.10 Å². The molecule has 0 saturated carbocycles. The lowest BCUT2D eigenvalue weighted by molar-refractivity contribution is 0.0683. The molecule has 1 aromatic heterocycles. The van der Waals surface area contributed by atoms with Crippen molar-refractivity contribution in [3.05, 3.63) is 41.6 Å². The summed E-state index contributed by atoms with van der Waals surface area (Å²) in [6.45, 7) is 4.43. The average molecular weight is 230 g/mol. The number of aromatic carboxylic acids is 1. The predicted molar refractivity (Wildman–Crippen MR) is 65.0 cm³/mol. The van der Waals surface area contributed by atoms with E-state index >= 15 is 0 Å². The summed E-state index contributed by atoms with van der Waals surface area (Å²) in [5.74, 6) is -0.947. The van der Waals surface area contributed by atoms with E-state index in [0.29, 0.717) is 12.2 Å². The molecule has 0 atom stereocenters. The van der Waals surface area contributed by atoms with Crippen LogP contribution in [0.5, 0.6) is 0 Å². The molecule has 0 radical (unpaired) electrons. The van der Waals surface area contributed by atoms with Crippen molar-refractivity contribution in [1.29, 1.82) is 0 Å². The largest absolute Gasteiger partial charge is 0.477 e. The quantitative estimate of drug-likeness (QED) is 0.881. The summed E-state index contributed by atoms with van der Waals surface area (Å²) < 4.78 is 1.50. The molecule has 0 saturated heterocycles. The fourth-order valence-electron chi connectivity index (χ4n) is 1.70. The summed E-state index contributed by atoms with van der Waals surface area (Å²) in [4.78, 5) is 11.0. The van der Waals surface area contributed by atoms with Gasteiger partial charge in [0, 0.05) is 12.1 Å². The van der Waals surface area contributed by atoms with E-state index in [1.807, 2.05) is 38.1 Å². The van der Waals surface area contributed by atoms with Crippen LogP contribution < -0.4 is 0 Å². The highest BCUT2D eigenvalue weighted by Gasteiger charge is 2.13. The highest BCUT2D eigenvalue weighted by atomic mass is 16.4. The molecule has 1 heterocycles. The number of benzene rings is 1. The molecule has 4 nitrogen and oxygen atoms in total. The third-order valence-corrected chi connectivity index (χ3v) is 2.65. The minimum Gasteiger partial charge on any atom is -0.477 e. The maximum atomic E-state index is 11.0. The Bertz CT molecular complexity index is 541. The summed E-state index contributed by atoms with van der Waals surface area (Å²) in [6, 6.07) is 9.48. The Morgan fingerprint density at radius 3 is 2.47 bits per heavy atom. The molecule has 0 bridgehead atoms. The summed E-state index contributed by atoms with van der Waals surface area (Å²) >= 11 is 0. The normalized spacial score (nSPS) is 10.5. The van der Waals surface area contributed by atoms with E-state index in [4.69, 9.17) is 5.11 Å². The van der Waals surface area contributed by atoms with Gasteiger partial charge in [0.05, 0.1) is 5.69 Å². The maximum Gasteiger partial charge on any atom is 0.354 e.